The lowest BCUT2D eigenvalue weighted by Crippen LogP contribution is -2.12. The van der Waals surface area contributed by atoms with E-state index in [1.807, 2.05) is 11.6 Å². The summed E-state index contributed by atoms with van der Waals surface area (Å²) in [6.45, 7) is 4.56. The first-order valence-corrected chi connectivity index (χ1v) is 10.3. The largest absolute Gasteiger partial charge is 0.383 e. The Kier molecular flexibility index (Phi) is 6.55. The van der Waals surface area contributed by atoms with E-state index in [2.05, 4.69) is 15.1 Å². The fourth-order valence-corrected chi connectivity index (χ4v) is 3.68. The molecule has 0 fully saturated rings. The first-order valence-electron chi connectivity index (χ1n) is 10.3. The van der Waals surface area contributed by atoms with Gasteiger partial charge in [-0.25, -0.2) is 27.8 Å². The summed E-state index contributed by atoms with van der Waals surface area (Å²) in [7, 11) is 1.61. The molecule has 4 rings (SSSR count). The van der Waals surface area contributed by atoms with Crippen molar-refractivity contribution in [3.63, 3.8) is 0 Å². The number of ether oxygens (including phenoxy) is 1. The number of methoxy groups -OCH3 is 1. The van der Waals surface area contributed by atoms with Crippen LogP contribution in [0.15, 0.2) is 42.7 Å². The maximum Gasteiger partial charge on any atom is 0.280 e. The number of benzene rings is 1. The molecule has 0 aliphatic rings. The molecule has 10 heteroatoms. The van der Waals surface area contributed by atoms with Gasteiger partial charge < -0.3 is 4.74 Å². The van der Waals surface area contributed by atoms with Gasteiger partial charge in [-0.3, -0.25) is 4.68 Å². The van der Waals surface area contributed by atoms with Crippen LogP contribution in [0.1, 0.15) is 34.8 Å². The molecule has 3 heterocycles. The molecule has 0 N–H and O–H groups in total. The highest BCUT2D eigenvalue weighted by atomic mass is 19.3. The van der Waals surface area contributed by atoms with Crippen molar-refractivity contribution in [1.29, 1.82) is 0 Å². The average Bonchev–Trinajstić information content (AvgIpc) is 3.34. The fraction of sp³-hybridized carbons (Fsp3) is 0.304. The van der Waals surface area contributed by atoms with Crippen molar-refractivity contribution >= 4 is 0 Å². The highest BCUT2D eigenvalue weighted by molar-refractivity contribution is 5.64. The Hall–Kier alpha value is -3.53. The number of halogens is 3. The molecule has 4 aromatic rings. The molecule has 1 aromatic carbocycles. The fourth-order valence-electron chi connectivity index (χ4n) is 3.68. The van der Waals surface area contributed by atoms with Gasteiger partial charge in [-0.05, 0) is 49.7 Å². The normalized spacial score (nSPS) is 11.5. The number of aryl methyl sites for hydroxylation is 1. The molecule has 172 valence electrons. The van der Waals surface area contributed by atoms with Gasteiger partial charge in [0.05, 0.1) is 30.2 Å². The predicted molar refractivity (Wildman–Crippen MR) is 116 cm³/mol. The quantitative estimate of drug-likeness (QED) is 0.392. The van der Waals surface area contributed by atoms with Crippen LogP contribution in [0.3, 0.4) is 0 Å². The number of rotatable bonds is 8. The number of aromatic nitrogens is 6. The Morgan fingerprint density at radius 1 is 1.03 bits per heavy atom. The van der Waals surface area contributed by atoms with Crippen LogP contribution in [0.2, 0.25) is 0 Å². The summed E-state index contributed by atoms with van der Waals surface area (Å²) < 4.78 is 48.5. The molecule has 3 aromatic heterocycles. The Balaban J connectivity index is 1.71. The zero-order chi connectivity index (χ0) is 23.5. The Labute approximate surface area is 188 Å². The van der Waals surface area contributed by atoms with E-state index in [1.165, 1.54) is 24.5 Å². The number of hydrogen-bond donors (Lipinski definition) is 0. The van der Waals surface area contributed by atoms with Crippen molar-refractivity contribution in [2.75, 3.05) is 13.7 Å². The van der Waals surface area contributed by atoms with Crippen LogP contribution in [-0.2, 0) is 17.7 Å². The first kappa shape index (κ1) is 22.7. The molecular formula is C23H23F3N6O. The van der Waals surface area contributed by atoms with Crippen LogP contribution in [0.5, 0.6) is 0 Å². The molecule has 0 unspecified atom stereocenters. The molecule has 0 bridgehead atoms. The van der Waals surface area contributed by atoms with Crippen molar-refractivity contribution in [2.24, 2.45) is 0 Å². The topological polar surface area (TPSA) is 70.7 Å². The molecule has 0 saturated carbocycles. The van der Waals surface area contributed by atoms with Crippen LogP contribution in [0.25, 0.3) is 17.1 Å². The summed E-state index contributed by atoms with van der Waals surface area (Å²) in [5.74, 6) is -0.0521. The summed E-state index contributed by atoms with van der Waals surface area (Å²) in [4.78, 5) is 8.48. The molecule has 0 aliphatic heterocycles. The third-order valence-electron chi connectivity index (χ3n) is 5.30. The van der Waals surface area contributed by atoms with E-state index in [0.717, 1.165) is 27.2 Å². The minimum atomic E-state index is -2.68. The van der Waals surface area contributed by atoms with Crippen LogP contribution < -0.4 is 0 Å². The lowest BCUT2D eigenvalue weighted by molar-refractivity contribution is 0.142. The van der Waals surface area contributed by atoms with Crippen molar-refractivity contribution < 1.29 is 17.9 Å². The van der Waals surface area contributed by atoms with E-state index in [4.69, 9.17) is 9.84 Å². The van der Waals surface area contributed by atoms with Gasteiger partial charge >= 0.3 is 0 Å². The molecule has 0 atom stereocenters. The molecule has 7 nitrogen and oxygen atoms in total. The Morgan fingerprint density at radius 3 is 2.48 bits per heavy atom. The van der Waals surface area contributed by atoms with Gasteiger partial charge in [-0.15, -0.1) is 0 Å². The van der Waals surface area contributed by atoms with Gasteiger partial charge in [0.1, 0.15) is 17.8 Å². The standard InChI is InChI=1S/C23H23F3N6O/c1-14-10-20(23(25)26)32(29-14)21-12-18(27-13-28-21)11-19-15(2)22(30-31(19)8-9-33-3)16-4-6-17(24)7-5-16/h4-7,10,12-13,23H,8-9,11H2,1-3H3. The second kappa shape index (κ2) is 9.53. The maximum atomic E-state index is 13.4. The maximum absolute atomic E-state index is 13.4. The third-order valence-corrected chi connectivity index (χ3v) is 5.30. The van der Waals surface area contributed by atoms with Crippen molar-refractivity contribution in [2.45, 2.75) is 33.2 Å². The lowest BCUT2D eigenvalue weighted by atomic mass is 10.0. The predicted octanol–water partition coefficient (Wildman–Crippen LogP) is 4.46. The molecule has 0 amide bonds. The van der Waals surface area contributed by atoms with Gasteiger partial charge in [0, 0.05) is 30.9 Å². The Morgan fingerprint density at radius 2 is 1.79 bits per heavy atom. The summed E-state index contributed by atoms with van der Waals surface area (Å²) in [6, 6.07) is 9.14. The molecule has 0 radical (unpaired) electrons. The molecule has 0 saturated heterocycles. The summed E-state index contributed by atoms with van der Waals surface area (Å²) in [5.41, 5.74) is 4.21. The van der Waals surface area contributed by atoms with E-state index in [1.54, 1.807) is 32.2 Å². The van der Waals surface area contributed by atoms with Gasteiger partial charge in [0.15, 0.2) is 5.82 Å². The number of alkyl halides is 2. The van der Waals surface area contributed by atoms with Crippen LogP contribution >= 0.6 is 0 Å². The monoisotopic (exact) mass is 456 g/mol. The highest BCUT2D eigenvalue weighted by Crippen LogP contribution is 2.27. The number of hydrogen-bond acceptors (Lipinski definition) is 5. The van der Waals surface area contributed by atoms with E-state index in [-0.39, 0.29) is 17.3 Å². The van der Waals surface area contributed by atoms with Crippen LogP contribution in [0, 0.1) is 19.7 Å². The van der Waals surface area contributed by atoms with Crippen molar-refractivity contribution in [3.8, 4) is 17.1 Å². The highest BCUT2D eigenvalue weighted by Gasteiger charge is 2.20. The van der Waals surface area contributed by atoms with E-state index < -0.39 is 6.43 Å². The number of nitrogens with zero attached hydrogens (tertiary/aromatic N) is 6. The lowest BCUT2D eigenvalue weighted by Gasteiger charge is -2.10. The van der Waals surface area contributed by atoms with E-state index in [9.17, 15) is 13.2 Å². The summed E-state index contributed by atoms with van der Waals surface area (Å²) in [6.07, 6.45) is -0.951. The molecule has 0 aliphatic carbocycles. The average molecular weight is 456 g/mol. The minimum Gasteiger partial charge on any atom is -0.383 e. The van der Waals surface area contributed by atoms with Gasteiger partial charge in [0.25, 0.3) is 6.43 Å². The zero-order valence-electron chi connectivity index (χ0n) is 18.5. The molecule has 0 spiro atoms. The van der Waals surface area contributed by atoms with Gasteiger partial charge in [0.2, 0.25) is 0 Å². The zero-order valence-corrected chi connectivity index (χ0v) is 18.5. The minimum absolute atomic E-state index is 0.225. The second-order valence-electron chi connectivity index (χ2n) is 7.61. The van der Waals surface area contributed by atoms with Gasteiger partial charge in [-0.1, -0.05) is 0 Å². The molecular weight excluding hydrogens is 433 g/mol. The second-order valence-corrected chi connectivity index (χ2v) is 7.61. The summed E-state index contributed by atoms with van der Waals surface area (Å²) in [5, 5.41) is 8.88. The Bertz CT molecular complexity index is 1250. The summed E-state index contributed by atoms with van der Waals surface area (Å²) >= 11 is 0. The van der Waals surface area contributed by atoms with Crippen molar-refractivity contribution in [3.05, 3.63) is 76.9 Å². The van der Waals surface area contributed by atoms with Crippen LogP contribution in [0.4, 0.5) is 13.2 Å². The SMILES string of the molecule is COCCn1nc(-c2ccc(F)cc2)c(C)c1Cc1cc(-n2nc(C)cc2C(F)F)ncn1. The van der Waals surface area contributed by atoms with E-state index >= 15 is 0 Å². The first-order chi connectivity index (χ1) is 15.9. The smallest absolute Gasteiger partial charge is 0.280 e. The third kappa shape index (κ3) is 4.80. The van der Waals surface area contributed by atoms with Crippen LogP contribution in [-0.4, -0.2) is 43.2 Å². The van der Waals surface area contributed by atoms with Gasteiger partial charge in [-0.2, -0.15) is 10.2 Å². The molecule has 33 heavy (non-hydrogen) atoms. The van der Waals surface area contributed by atoms with Crippen molar-refractivity contribution in [1.82, 2.24) is 29.5 Å². The van der Waals surface area contributed by atoms with E-state index in [0.29, 0.717) is 31.0 Å².